The number of benzene rings is 2. The first kappa shape index (κ1) is 30.9. The minimum absolute atomic E-state index is 0.0332. The highest BCUT2D eigenvalue weighted by atomic mass is 35.5. The molecule has 12 nitrogen and oxygen atoms in total. The summed E-state index contributed by atoms with van der Waals surface area (Å²) in [4.78, 5) is 61.5. The number of methoxy groups -OCH3 is 1. The molecule has 0 unspecified atom stereocenters. The zero-order chi connectivity index (χ0) is 31.6. The summed E-state index contributed by atoms with van der Waals surface area (Å²) in [6.07, 6.45) is 0.00404. The molecule has 4 aromatic rings. The van der Waals surface area contributed by atoms with E-state index >= 15 is 0 Å². The van der Waals surface area contributed by atoms with Crippen molar-refractivity contribution in [1.82, 2.24) is 23.6 Å². The Morgan fingerprint density at radius 1 is 0.932 bits per heavy atom. The number of carbonyl (C=O) groups excluding carboxylic acids is 2. The van der Waals surface area contributed by atoms with Crippen molar-refractivity contribution in [2.45, 2.75) is 45.9 Å². The van der Waals surface area contributed by atoms with Crippen LogP contribution >= 0.6 is 11.6 Å². The van der Waals surface area contributed by atoms with E-state index in [-0.39, 0.29) is 17.7 Å². The molecule has 0 spiro atoms. The summed E-state index contributed by atoms with van der Waals surface area (Å²) in [6.45, 7) is 6.51. The molecule has 13 heteroatoms. The largest absolute Gasteiger partial charge is 0.468 e. The number of fused-ring (bicyclic) bond motifs is 1. The summed E-state index contributed by atoms with van der Waals surface area (Å²) in [6, 6.07) is 16.5. The van der Waals surface area contributed by atoms with E-state index in [2.05, 4.69) is 0 Å². The van der Waals surface area contributed by atoms with E-state index < -0.39 is 35.5 Å². The van der Waals surface area contributed by atoms with Gasteiger partial charge in [-0.1, -0.05) is 54.1 Å². The second-order valence-electron chi connectivity index (χ2n) is 11.5. The first-order chi connectivity index (χ1) is 21.0. The fourth-order valence-electron chi connectivity index (χ4n) is 5.14. The van der Waals surface area contributed by atoms with E-state index in [4.69, 9.17) is 26.1 Å². The Morgan fingerprint density at radius 2 is 1.59 bits per heavy atom. The molecule has 0 radical (unpaired) electrons. The van der Waals surface area contributed by atoms with Crippen LogP contribution in [0.5, 0.6) is 0 Å². The van der Waals surface area contributed by atoms with Crippen LogP contribution in [-0.4, -0.2) is 74.5 Å². The third kappa shape index (κ3) is 6.35. The average molecular weight is 623 g/mol. The van der Waals surface area contributed by atoms with Gasteiger partial charge in [0.25, 0.3) is 5.56 Å². The molecule has 0 atom stereocenters. The molecule has 232 valence electrons. The van der Waals surface area contributed by atoms with Crippen molar-refractivity contribution in [3.63, 3.8) is 0 Å². The highest BCUT2D eigenvalue weighted by molar-refractivity contribution is 6.32. The lowest BCUT2D eigenvalue weighted by molar-refractivity contribution is -0.141. The van der Waals surface area contributed by atoms with Crippen molar-refractivity contribution in [3.05, 3.63) is 86.0 Å². The van der Waals surface area contributed by atoms with Gasteiger partial charge in [-0.25, -0.2) is 9.59 Å². The molecule has 0 N–H and O–H groups in total. The average Bonchev–Trinajstić information content (AvgIpc) is 3.39. The number of ether oxygens (including phenoxy) is 2. The Balaban J connectivity index is 1.66. The number of nitrogens with zero attached hydrogens (tertiary/aromatic N) is 6. The highest BCUT2D eigenvalue weighted by Crippen LogP contribution is 2.30. The third-order valence-corrected chi connectivity index (χ3v) is 7.62. The zero-order valence-electron chi connectivity index (χ0n) is 25.2. The number of halogens is 1. The maximum atomic E-state index is 14.2. The quantitative estimate of drug-likeness (QED) is 0.287. The number of amides is 1. The minimum atomic E-state index is -0.672. The minimum Gasteiger partial charge on any atom is -0.468 e. The van der Waals surface area contributed by atoms with Crippen molar-refractivity contribution < 1.29 is 19.1 Å². The topological polar surface area (TPSA) is 121 Å². The number of esters is 1. The summed E-state index contributed by atoms with van der Waals surface area (Å²) >= 11 is 6.68. The lowest BCUT2D eigenvalue weighted by Crippen LogP contribution is -2.50. The van der Waals surface area contributed by atoms with Crippen LogP contribution in [0.25, 0.3) is 16.9 Å². The molecule has 2 aromatic carbocycles. The number of para-hydroxylation sites is 1. The van der Waals surface area contributed by atoms with Crippen LogP contribution in [0.2, 0.25) is 5.02 Å². The van der Waals surface area contributed by atoms with Crippen LogP contribution in [0.1, 0.15) is 26.3 Å². The lowest BCUT2D eigenvalue weighted by Gasteiger charge is -2.36. The van der Waals surface area contributed by atoms with E-state index in [1.54, 1.807) is 33.7 Å². The van der Waals surface area contributed by atoms with Crippen molar-refractivity contribution in [2.24, 2.45) is 0 Å². The van der Waals surface area contributed by atoms with Crippen LogP contribution in [0.4, 0.5) is 10.7 Å². The predicted molar refractivity (Wildman–Crippen MR) is 167 cm³/mol. The number of carbonyl (C=O) groups is 2. The molecular formula is C31H35ClN6O6. The van der Waals surface area contributed by atoms with Crippen molar-refractivity contribution in [1.29, 1.82) is 0 Å². The second-order valence-corrected chi connectivity index (χ2v) is 11.9. The normalized spacial score (nSPS) is 13.8. The first-order valence-corrected chi connectivity index (χ1v) is 14.7. The van der Waals surface area contributed by atoms with E-state index in [0.717, 1.165) is 10.1 Å². The number of rotatable bonds is 7. The number of hydrogen-bond donors (Lipinski definition) is 0. The van der Waals surface area contributed by atoms with Crippen molar-refractivity contribution in [2.75, 3.05) is 38.2 Å². The SMILES string of the molecule is COC(=O)Cn1c(=O)n(CCc2ccccc2)c(=O)c2c1nc(N1CCN(C(=O)OC(C)(C)C)CC1)n2-c1ccccc1Cl. The van der Waals surface area contributed by atoms with Gasteiger partial charge in [0.15, 0.2) is 11.2 Å². The zero-order valence-corrected chi connectivity index (χ0v) is 25.9. The third-order valence-electron chi connectivity index (χ3n) is 7.30. The Kier molecular flexibility index (Phi) is 8.82. The molecular weight excluding hydrogens is 588 g/mol. The molecule has 1 aliphatic rings. The monoisotopic (exact) mass is 622 g/mol. The predicted octanol–water partition coefficient (Wildman–Crippen LogP) is 3.48. The van der Waals surface area contributed by atoms with E-state index in [1.165, 1.54) is 11.7 Å². The van der Waals surface area contributed by atoms with Gasteiger partial charge in [-0.2, -0.15) is 4.98 Å². The molecule has 5 rings (SSSR count). The van der Waals surface area contributed by atoms with Crippen LogP contribution in [0, 0.1) is 0 Å². The summed E-state index contributed by atoms with van der Waals surface area (Å²) in [7, 11) is 1.23. The molecule has 1 fully saturated rings. The van der Waals surface area contributed by atoms with Gasteiger partial charge in [-0.3, -0.25) is 23.3 Å². The fourth-order valence-corrected chi connectivity index (χ4v) is 5.36. The second kappa shape index (κ2) is 12.6. The Morgan fingerprint density at radius 3 is 2.23 bits per heavy atom. The molecule has 2 aromatic heterocycles. The van der Waals surface area contributed by atoms with E-state index in [1.807, 2.05) is 56.0 Å². The van der Waals surface area contributed by atoms with E-state index in [9.17, 15) is 19.2 Å². The van der Waals surface area contributed by atoms with Crippen LogP contribution in [0.15, 0.2) is 64.2 Å². The number of hydrogen-bond acceptors (Lipinski definition) is 8. The number of imidazole rings is 1. The first-order valence-electron chi connectivity index (χ1n) is 14.3. The molecule has 1 aliphatic heterocycles. The number of anilines is 1. The van der Waals surface area contributed by atoms with Crippen LogP contribution < -0.4 is 16.1 Å². The molecule has 0 aliphatic carbocycles. The Labute approximate surface area is 259 Å². The lowest BCUT2D eigenvalue weighted by atomic mass is 10.1. The van der Waals surface area contributed by atoms with Gasteiger partial charge >= 0.3 is 17.8 Å². The number of aryl methyl sites for hydroxylation is 1. The van der Waals surface area contributed by atoms with Crippen molar-refractivity contribution in [3.8, 4) is 5.69 Å². The molecule has 1 amide bonds. The molecule has 0 bridgehead atoms. The molecule has 44 heavy (non-hydrogen) atoms. The van der Waals surface area contributed by atoms with E-state index in [0.29, 0.717) is 49.3 Å². The summed E-state index contributed by atoms with van der Waals surface area (Å²) in [5, 5.41) is 0.362. The maximum absolute atomic E-state index is 14.2. The number of piperazine rings is 1. The van der Waals surface area contributed by atoms with Gasteiger partial charge in [0, 0.05) is 32.7 Å². The number of aromatic nitrogens is 4. The van der Waals surface area contributed by atoms with Gasteiger partial charge in [0.05, 0.1) is 17.8 Å². The Hall–Kier alpha value is -4.58. The molecule has 3 heterocycles. The van der Waals surface area contributed by atoms with Gasteiger partial charge in [0.2, 0.25) is 5.95 Å². The molecule has 0 saturated carbocycles. The van der Waals surface area contributed by atoms with Gasteiger partial charge < -0.3 is 19.3 Å². The summed E-state index contributed by atoms with van der Waals surface area (Å²) in [5.74, 6) is -0.311. The van der Waals surface area contributed by atoms with Gasteiger partial charge in [-0.05, 0) is 44.9 Å². The smallest absolute Gasteiger partial charge is 0.410 e. The fraction of sp³-hybridized carbons (Fsp3) is 0.387. The Bertz CT molecular complexity index is 1800. The van der Waals surface area contributed by atoms with Crippen LogP contribution in [0.3, 0.4) is 0 Å². The van der Waals surface area contributed by atoms with Crippen LogP contribution in [-0.2, 0) is 33.8 Å². The summed E-state index contributed by atoms with van der Waals surface area (Å²) < 4.78 is 14.3. The van der Waals surface area contributed by atoms with Crippen molar-refractivity contribution >= 4 is 40.8 Å². The van der Waals surface area contributed by atoms with Gasteiger partial charge in [0.1, 0.15) is 12.1 Å². The summed E-state index contributed by atoms with van der Waals surface area (Å²) in [5.41, 5.74) is -0.305. The van der Waals surface area contributed by atoms with Gasteiger partial charge in [-0.15, -0.1) is 0 Å². The maximum Gasteiger partial charge on any atom is 0.410 e. The standard InChI is InChI=1S/C31H35ClN6O6/c1-31(2,3)44-30(42)35-18-16-34(17-19-35)28-33-26-25(38(28)23-13-9-8-12-22(23)32)27(40)36(15-14-21-10-6-5-7-11-21)29(41)37(26)20-24(39)43-4/h5-13H,14-20H2,1-4H3. The highest BCUT2D eigenvalue weighted by Gasteiger charge is 2.31. The molecule has 1 saturated heterocycles.